The number of nitrogens with zero attached hydrogens (tertiary/aromatic N) is 5. The molecule has 1 aliphatic carbocycles. The lowest BCUT2D eigenvalue weighted by Gasteiger charge is -2.47. The third kappa shape index (κ3) is 14.6. The van der Waals surface area contributed by atoms with Gasteiger partial charge in [-0.25, -0.2) is 0 Å². The summed E-state index contributed by atoms with van der Waals surface area (Å²) in [6.45, 7) is 6.10. The van der Waals surface area contributed by atoms with Crippen molar-refractivity contribution in [2.24, 2.45) is 11.3 Å². The van der Waals surface area contributed by atoms with Gasteiger partial charge in [0.2, 0.25) is 17.7 Å². The molecule has 3 fully saturated rings. The van der Waals surface area contributed by atoms with E-state index in [4.69, 9.17) is 0 Å². The minimum atomic E-state index is -1.01. The van der Waals surface area contributed by atoms with Crippen molar-refractivity contribution < 1.29 is 44.1 Å². The van der Waals surface area contributed by atoms with E-state index in [1.165, 1.54) is 0 Å². The summed E-state index contributed by atoms with van der Waals surface area (Å²) in [5.74, 6) is -3.45. The third-order valence-electron chi connectivity index (χ3n) is 10.1. The van der Waals surface area contributed by atoms with Crippen LogP contribution in [0.1, 0.15) is 58.3 Å². The van der Waals surface area contributed by atoms with E-state index in [1.807, 2.05) is 16.7 Å². The second-order valence-electron chi connectivity index (χ2n) is 13.9. The number of likely N-dealkylation sites (tertiary alicyclic amines) is 1. The number of carbonyl (C=O) groups excluding carboxylic acids is 3. The zero-order chi connectivity index (χ0) is 35.8. The first-order valence-electron chi connectivity index (χ1n) is 17.7. The minimum Gasteiger partial charge on any atom is -0.480 e. The number of amides is 3. The van der Waals surface area contributed by atoms with Gasteiger partial charge in [0.15, 0.2) is 0 Å². The highest BCUT2D eigenvalue weighted by Crippen LogP contribution is 2.45. The molecule has 5 N–H and O–H groups in total. The first-order valence-corrected chi connectivity index (χ1v) is 17.7. The fourth-order valence-electron chi connectivity index (χ4n) is 7.18. The van der Waals surface area contributed by atoms with Gasteiger partial charge in [-0.05, 0) is 50.4 Å². The number of unbranched alkanes of at least 4 members (excludes halogenated alkanes) is 1. The predicted octanol–water partition coefficient (Wildman–Crippen LogP) is -0.707. The highest BCUT2D eigenvalue weighted by Gasteiger charge is 2.41. The number of aliphatic carboxylic acids is 3. The van der Waals surface area contributed by atoms with Crippen LogP contribution in [-0.4, -0.2) is 180 Å². The third-order valence-corrected chi connectivity index (χ3v) is 10.1. The molecule has 1 spiro atoms. The maximum atomic E-state index is 13.8. The fourth-order valence-corrected chi connectivity index (χ4v) is 7.18. The molecule has 2 heterocycles. The van der Waals surface area contributed by atoms with Crippen molar-refractivity contribution in [2.75, 3.05) is 105 Å². The molecule has 3 amide bonds. The molecule has 16 nitrogen and oxygen atoms in total. The number of piperidine rings is 1. The number of carbonyl (C=O) groups is 6. The van der Waals surface area contributed by atoms with Gasteiger partial charge >= 0.3 is 17.9 Å². The van der Waals surface area contributed by atoms with Crippen LogP contribution in [0, 0.1) is 11.3 Å². The Balaban J connectivity index is 1.58. The van der Waals surface area contributed by atoms with Crippen molar-refractivity contribution in [1.29, 1.82) is 0 Å². The van der Waals surface area contributed by atoms with Crippen LogP contribution in [0.25, 0.3) is 0 Å². The zero-order valence-electron chi connectivity index (χ0n) is 29.1. The van der Waals surface area contributed by atoms with E-state index < -0.39 is 17.9 Å². The highest BCUT2D eigenvalue weighted by atomic mass is 16.4. The average Bonchev–Trinajstić information content (AvgIpc) is 3.04. The molecule has 0 bridgehead atoms. The minimum absolute atomic E-state index is 0.0196. The molecule has 0 aromatic carbocycles. The summed E-state index contributed by atoms with van der Waals surface area (Å²) in [6.07, 6.45) is 6.81. The molecule has 3 aliphatic rings. The van der Waals surface area contributed by atoms with Gasteiger partial charge in [0.1, 0.15) is 0 Å². The molecule has 49 heavy (non-hydrogen) atoms. The Morgan fingerprint density at radius 2 is 1.12 bits per heavy atom. The second kappa shape index (κ2) is 20.4. The summed E-state index contributed by atoms with van der Waals surface area (Å²) in [7, 11) is 0. The van der Waals surface area contributed by atoms with Crippen molar-refractivity contribution in [3.05, 3.63) is 0 Å². The Morgan fingerprint density at radius 1 is 0.653 bits per heavy atom. The molecule has 2 aliphatic heterocycles. The van der Waals surface area contributed by atoms with E-state index in [1.54, 1.807) is 14.7 Å². The van der Waals surface area contributed by atoms with Gasteiger partial charge in [-0.15, -0.1) is 0 Å². The standard InChI is InChI=1S/C33H57N7O9/c1-2-3-10-34-27(41)20-35-32(49)26-5-8-33(9-6-26)7-4-11-40(25-33)28(42)21-36-12-14-37(22-29(43)44)16-18-39(24-31(47)48)19-17-38(15-13-36)23-30(45)46/h26H,2-25H2,1H3,(H,34,41)(H,35,49)(H,43,44)(H,45,46)(H,47,48). The lowest BCUT2D eigenvalue weighted by molar-refractivity contribution is -0.141. The van der Waals surface area contributed by atoms with Gasteiger partial charge in [0.05, 0.1) is 32.7 Å². The van der Waals surface area contributed by atoms with Crippen LogP contribution in [0.15, 0.2) is 0 Å². The van der Waals surface area contributed by atoms with Crippen molar-refractivity contribution in [3.8, 4) is 0 Å². The monoisotopic (exact) mass is 695 g/mol. The Kier molecular flexibility index (Phi) is 16.7. The van der Waals surface area contributed by atoms with Crippen LogP contribution in [-0.2, 0) is 28.8 Å². The maximum Gasteiger partial charge on any atom is 0.317 e. The van der Waals surface area contributed by atoms with E-state index in [0.717, 1.165) is 38.5 Å². The molecule has 0 aromatic rings. The molecule has 0 atom stereocenters. The molecule has 2 saturated heterocycles. The number of rotatable bonds is 14. The van der Waals surface area contributed by atoms with E-state index in [2.05, 4.69) is 10.6 Å². The molecule has 278 valence electrons. The zero-order valence-corrected chi connectivity index (χ0v) is 29.1. The molecule has 16 heteroatoms. The van der Waals surface area contributed by atoms with Crippen LogP contribution in [0.4, 0.5) is 0 Å². The van der Waals surface area contributed by atoms with Crippen LogP contribution in [0.5, 0.6) is 0 Å². The van der Waals surface area contributed by atoms with Crippen molar-refractivity contribution in [2.45, 2.75) is 58.3 Å². The smallest absolute Gasteiger partial charge is 0.317 e. The summed E-state index contributed by atoms with van der Waals surface area (Å²) in [5.41, 5.74) is -0.0531. The molecule has 0 radical (unpaired) electrons. The fraction of sp³-hybridized carbons (Fsp3) is 0.818. The van der Waals surface area contributed by atoms with Gasteiger partial charge in [-0.1, -0.05) is 13.3 Å². The number of hydrogen-bond donors (Lipinski definition) is 5. The largest absolute Gasteiger partial charge is 0.480 e. The lowest BCUT2D eigenvalue weighted by atomic mass is 9.66. The Bertz CT molecular complexity index is 1100. The predicted molar refractivity (Wildman–Crippen MR) is 180 cm³/mol. The van der Waals surface area contributed by atoms with Crippen molar-refractivity contribution in [1.82, 2.24) is 35.1 Å². The van der Waals surface area contributed by atoms with Gasteiger partial charge in [0.25, 0.3) is 0 Å². The summed E-state index contributed by atoms with van der Waals surface area (Å²) in [5, 5.41) is 33.9. The second-order valence-corrected chi connectivity index (χ2v) is 13.9. The first kappa shape index (κ1) is 40.1. The quantitative estimate of drug-likeness (QED) is 0.143. The van der Waals surface area contributed by atoms with Crippen LogP contribution in [0.3, 0.4) is 0 Å². The van der Waals surface area contributed by atoms with Crippen molar-refractivity contribution in [3.63, 3.8) is 0 Å². The summed E-state index contributed by atoms with van der Waals surface area (Å²) >= 11 is 0. The van der Waals surface area contributed by atoms with Crippen LogP contribution in [0.2, 0.25) is 0 Å². The van der Waals surface area contributed by atoms with E-state index in [9.17, 15) is 44.1 Å². The average molecular weight is 696 g/mol. The summed E-state index contributed by atoms with van der Waals surface area (Å²) < 4.78 is 0. The molecule has 0 unspecified atom stereocenters. The van der Waals surface area contributed by atoms with Crippen LogP contribution < -0.4 is 10.6 Å². The van der Waals surface area contributed by atoms with E-state index in [-0.39, 0.29) is 61.8 Å². The number of nitrogens with one attached hydrogen (secondary N) is 2. The molecular formula is C33H57N7O9. The van der Waals surface area contributed by atoms with E-state index in [0.29, 0.717) is 84.8 Å². The molecule has 0 aromatic heterocycles. The first-order chi connectivity index (χ1) is 23.4. The lowest BCUT2D eigenvalue weighted by Crippen LogP contribution is -2.53. The maximum absolute atomic E-state index is 13.8. The topological polar surface area (TPSA) is 203 Å². The molecule has 1 saturated carbocycles. The molecular weight excluding hydrogens is 638 g/mol. The number of hydrogen-bond acceptors (Lipinski definition) is 10. The van der Waals surface area contributed by atoms with Crippen LogP contribution >= 0.6 is 0 Å². The summed E-state index contributed by atoms with van der Waals surface area (Å²) in [4.78, 5) is 82.2. The van der Waals surface area contributed by atoms with E-state index >= 15 is 0 Å². The van der Waals surface area contributed by atoms with Crippen molar-refractivity contribution >= 4 is 35.6 Å². The van der Waals surface area contributed by atoms with Gasteiger partial charge in [-0.3, -0.25) is 48.4 Å². The SMILES string of the molecule is CCCCNC(=O)CNC(=O)C1CCC2(CCCN(C(=O)CN3CCN(CC(=O)O)CCN(CC(=O)O)CCN(CC(=O)O)CC3)C2)CC1. The highest BCUT2D eigenvalue weighted by molar-refractivity contribution is 5.85. The Hall–Kier alpha value is -3.34. The number of carboxylic acid groups (broad SMARTS) is 3. The summed E-state index contributed by atoms with van der Waals surface area (Å²) in [6, 6.07) is 0. The van der Waals surface area contributed by atoms with Gasteiger partial charge in [-0.2, -0.15) is 0 Å². The Morgan fingerprint density at radius 3 is 1.57 bits per heavy atom. The normalized spacial score (nSPS) is 24.0. The van der Waals surface area contributed by atoms with Gasteiger partial charge < -0.3 is 30.9 Å². The number of carboxylic acids is 3. The molecule has 3 rings (SSSR count). The Labute approximate surface area is 289 Å². The van der Waals surface area contributed by atoms with Gasteiger partial charge in [0, 0.05) is 77.9 Å².